The van der Waals surface area contributed by atoms with Crippen LogP contribution in [0.15, 0.2) is 24.3 Å². The number of benzene rings is 1. The molecular formula is C16H26N2O2. The third kappa shape index (κ3) is 4.32. The lowest BCUT2D eigenvalue weighted by atomic mass is 10.0. The second-order valence-electron chi connectivity index (χ2n) is 4.93. The average Bonchev–Trinajstić information content (AvgIpc) is 2.47. The quantitative estimate of drug-likeness (QED) is 0.762. The number of carbonyl (C=O) groups excluding carboxylic acids is 1. The number of amides is 1. The normalized spacial score (nSPS) is 10.8. The lowest BCUT2D eigenvalue weighted by Gasteiger charge is -2.30. The van der Waals surface area contributed by atoms with E-state index in [1.54, 1.807) is 4.90 Å². The van der Waals surface area contributed by atoms with Gasteiger partial charge in [0.2, 0.25) is 0 Å². The van der Waals surface area contributed by atoms with Crippen LogP contribution in [-0.4, -0.2) is 41.7 Å². The molecule has 0 unspecified atom stereocenters. The van der Waals surface area contributed by atoms with Crippen LogP contribution in [0.25, 0.3) is 0 Å². The maximum Gasteiger partial charge on any atom is 0.254 e. The monoisotopic (exact) mass is 278 g/mol. The van der Waals surface area contributed by atoms with E-state index in [0.717, 1.165) is 24.8 Å². The summed E-state index contributed by atoms with van der Waals surface area (Å²) < 4.78 is 0. The van der Waals surface area contributed by atoms with E-state index >= 15 is 0 Å². The molecule has 0 saturated heterocycles. The third-order valence-corrected chi connectivity index (χ3v) is 3.59. The predicted octanol–water partition coefficient (Wildman–Crippen LogP) is 1.81. The minimum Gasteiger partial charge on any atom is -0.395 e. The Morgan fingerprint density at radius 2 is 2.05 bits per heavy atom. The summed E-state index contributed by atoms with van der Waals surface area (Å²) in [5.41, 5.74) is 7.31. The van der Waals surface area contributed by atoms with Crippen LogP contribution < -0.4 is 5.73 Å². The number of aliphatic hydroxyl groups is 1. The summed E-state index contributed by atoms with van der Waals surface area (Å²) in [6, 6.07) is 7.78. The Balaban J connectivity index is 2.96. The first-order chi connectivity index (χ1) is 9.67. The molecule has 0 aliphatic heterocycles. The van der Waals surface area contributed by atoms with Crippen molar-refractivity contribution >= 4 is 5.91 Å². The Hall–Kier alpha value is -1.39. The Morgan fingerprint density at radius 1 is 1.35 bits per heavy atom. The molecule has 0 spiro atoms. The second-order valence-corrected chi connectivity index (χ2v) is 4.93. The summed E-state index contributed by atoms with van der Waals surface area (Å²) in [7, 11) is 0. The number of aliphatic hydroxyl groups excluding tert-OH is 1. The van der Waals surface area contributed by atoms with Gasteiger partial charge in [0.15, 0.2) is 0 Å². The van der Waals surface area contributed by atoms with Crippen molar-refractivity contribution in [3.05, 3.63) is 35.4 Å². The highest BCUT2D eigenvalue weighted by Gasteiger charge is 2.21. The average molecular weight is 278 g/mol. The van der Waals surface area contributed by atoms with Crippen LogP contribution in [0.1, 0.15) is 42.6 Å². The highest BCUT2D eigenvalue weighted by molar-refractivity contribution is 5.94. The molecule has 0 aliphatic carbocycles. The van der Waals surface area contributed by atoms with Crippen LogP contribution >= 0.6 is 0 Å². The third-order valence-electron chi connectivity index (χ3n) is 3.59. The van der Waals surface area contributed by atoms with Crippen LogP contribution in [0.5, 0.6) is 0 Å². The molecule has 1 rings (SSSR count). The minimum atomic E-state index is -0.00920. The largest absolute Gasteiger partial charge is 0.395 e. The van der Waals surface area contributed by atoms with Gasteiger partial charge < -0.3 is 15.7 Å². The summed E-state index contributed by atoms with van der Waals surface area (Å²) in [5, 5.41) is 9.20. The van der Waals surface area contributed by atoms with Crippen LogP contribution in [0.4, 0.5) is 0 Å². The Kier molecular flexibility index (Phi) is 7.26. The van der Waals surface area contributed by atoms with E-state index in [-0.39, 0.29) is 18.6 Å². The van der Waals surface area contributed by atoms with Crippen LogP contribution in [-0.2, 0) is 6.42 Å². The van der Waals surface area contributed by atoms with Crippen LogP contribution in [0, 0.1) is 0 Å². The highest BCUT2D eigenvalue weighted by atomic mass is 16.3. The van der Waals surface area contributed by atoms with Gasteiger partial charge in [0.1, 0.15) is 0 Å². The van der Waals surface area contributed by atoms with E-state index < -0.39 is 0 Å². The van der Waals surface area contributed by atoms with Gasteiger partial charge in [-0.3, -0.25) is 4.79 Å². The Morgan fingerprint density at radius 3 is 2.60 bits per heavy atom. The summed E-state index contributed by atoms with van der Waals surface area (Å²) in [5.74, 6) is -0.00776. The molecule has 3 N–H and O–H groups in total. The lowest BCUT2D eigenvalue weighted by molar-refractivity contribution is 0.0622. The maximum absolute atomic E-state index is 12.6. The van der Waals surface area contributed by atoms with Gasteiger partial charge in [0, 0.05) is 18.2 Å². The number of nitrogens with two attached hydrogens (primary N) is 1. The van der Waals surface area contributed by atoms with Crippen LogP contribution in [0.3, 0.4) is 0 Å². The molecule has 0 aliphatic rings. The molecule has 0 bridgehead atoms. The van der Waals surface area contributed by atoms with E-state index in [2.05, 4.69) is 13.8 Å². The van der Waals surface area contributed by atoms with E-state index in [4.69, 9.17) is 5.73 Å². The van der Waals surface area contributed by atoms with Crippen molar-refractivity contribution < 1.29 is 9.90 Å². The van der Waals surface area contributed by atoms with Gasteiger partial charge in [-0.1, -0.05) is 26.0 Å². The van der Waals surface area contributed by atoms with Gasteiger partial charge in [0.05, 0.1) is 6.61 Å². The molecule has 4 heteroatoms. The molecule has 0 fully saturated rings. The molecule has 0 aromatic heterocycles. The summed E-state index contributed by atoms with van der Waals surface area (Å²) >= 11 is 0. The molecule has 1 aromatic carbocycles. The maximum atomic E-state index is 12.6. The van der Waals surface area contributed by atoms with Crippen molar-refractivity contribution in [3.63, 3.8) is 0 Å². The lowest BCUT2D eigenvalue weighted by Crippen LogP contribution is -2.41. The first-order valence-corrected chi connectivity index (χ1v) is 7.38. The summed E-state index contributed by atoms with van der Waals surface area (Å²) in [6.07, 6.45) is 2.56. The van der Waals surface area contributed by atoms with Crippen molar-refractivity contribution in [1.82, 2.24) is 4.90 Å². The fourth-order valence-corrected chi connectivity index (χ4v) is 2.48. The smallest absolute Gasteiger partial charge is 0.254 e. The number of nitrogens with zero attached hydrogens (tertiary/aromatic N) is 1. The fourth-order valence-electron chi connectivity index (χ4n) is 2.48. The van der Waals surface area contributed by atoms with Crippen LogP contribution in [0.2, 0.25) is 0 Å². The van der Waals surface area contributed by atoms with Crippen molar-refractivity contribution in [2.45, 2.75) is 39.2 Å². The number of hydrogen-bond donors (Lipinski definition) is 2. The molecule has 20 heavy (non-hydrogen) atoms. The van der Waals surface area contributed by atoms with E-state index in [1.165, 1.54) is 0 Å². The second kappa shape index (κ2) is 8.72. The topological polar surface area (TPSA) is 66.6 Å². The molecular weight excluding hydrogens is 252 g/mol. The van der Waals surface area contributed by atoms with Crippen molar-refractivity contribution in [1.29, 1.82) is 0 Å². The molecule has 0 saturated carbocycles. The molecule has 1 aromatic rings. The zero-order valence-electron chi connectivity index (χ0n) is 12.5. The molecule has 0 atom stereocenters. The van der Waals surface area contributed by atoms with Gasteiger partial charge in [-0.05, 0) is 43.5 Å². The molecule has 112 valence electrons. The molecule has 0 radical (unpaired) electrons. The summed E-state index contributed by atoms with van der Waals surface area (Å²) in [4.78, 5) is 14.4. The summed E-state index contributed by atoms with van der Waals surface area (Å²) in [6.45, 7) is 5.08. The highest BCUT2D eigenvalue weighted by Crippen LogP contribution is 2.15. The minimum absolute atomic E-state index is 0.00776. The van der Waals surface area contributed by atoms with Gasteiger partial charge in [-0.15, -0.1) is 0 Å². The van der Waals surface area contributed by atoms with Gasteiger partial charge in [0.25, 0.3) is 5.91 Å². The first-order valence-electron chi connectivity index (χ1n) is 7.38. The zero-order chi connectivity index (χ0) is 15.0. The molecule has 0 heterocycles. The molecule has 4 nitrogen and oxygen atoms in total. The fraction of sp³-hybridized carbons (Fsp3) is 0.562. The SMILES string of the molecule is CCC(CC)N(CCO)C(=O)c1cccc(CCN)c1. The Bertz CT molecular complexity index is 417. The van der Waals surface area contributed by atoms with Gasteiger partial charge in [-0.25, -0.2) is 0 Å². The predicted molar refractivity (Wildman–Crippen MR) is 81.7 cm³/mol. The van der Waals surface area contributed by atoms with E-state index in [9.17, 15) is 9.90 Å². The molecule has 1 amide bonds. The number of rotatable bonds is 8. The van der Waals surface area contributed by atoms with Gasteiger partial charge >= 0.3 is 0 Å². The standard InChI is InChI=1S/C16H26N2O2/c1-3-15(4-2)18(10-11-19)16(20)14-7-5-6-13(12-14)8-9-17/h5-7,12,15,19H,3-4,8-11,17H2,1-2H3. The zero-order valence-corrected chi connectivity index (χ0v) is 12.5. The van der Waals surface area contributed by atoms with Crippen molar-refractivity contribution in [2.75, 3.05) is 19.7 Å². The van der Waals surface area contributed by atoms with Gasteiger partial charge in [-0.2, -0.15) is 0 Å². The first kappa shape index (κ1) is 16.7. The number of carbonyl (C=O) groups is 1. The van der Waals surface area contributed by atoms with Crippen molar-refractivity contribution in [2.24, 2.45) is 5.73 Å². The van der Waals surface area contributed by atoms with E-state index in [0.29, 0.717) is 18.7 Å². The van der Waals surface area contributed by atoms with Crippen molar-refractivity contribution in [3.8, 4) is 0 Å². The van der Waals surface area contributed by atoms with E-state index in [1.807, 2.05) is 24.3 Å². The number of hydrogen-bond acceptors (Lipinski definition) is 3. The Labute approximate surface area is 121 Å².